The standard InChI is InChI=1S/C20H25NO5/c1-11-15-10-26-20(24)17(15)18(21)14(19(11)25-2)8-7-12-5-3-4-6-13(12)9-16(22)23/h7,13H,3-6,8-10,21H2,1-2H3,(H,22,23)/t13-/m0/s1. The molecule has 0 bridgehead atoms. The number of esters is 1. The zero-order valence-electron chi connectivity index (χ0n) is 15.3. The molecule has 6 heteroatoms. The number of anilines is 1. The third-order valence-electron chi connectivity index (χ3n) is 5.50. The number of cyclic esters (lactones) is 1. The summed E-state index contributed by atoms with van der Waals surface area (Å²) >= 11 is 0. The molecule has 1 aliphatic heterocycles. The van der Waals surface area contributed by atoms with Crippen LogP contribution in [-0.4, -0.2) is 24.2 Å². The van der Waals surface area contributed by atoms with Gasteiger partial charge in [0.1, 0.15) is 12.4 Å². The molecule has 0 radical (unpaired) electrons. The van der Waals surface area contributed by atoms with Crippen LogP contribution in [0.25, 0.3) is 0 Å². The lowest BCUT2D eigenvalue weighted by molar-refractivity contribution is -0.137. The van der Waals surface area contributed by atoms with Crippen molar-refractivity contribution in [2.75, 3.05) is 12.8 Å². The minimum absolute atomic E-state index is 0.0777. The van der Waals surface area contributed by atoms with E-state index < -0.39 is 11.9 Å². The van der Waals surface area contributed by atoms with Gasteiger partial charge >= 0.3 is 11.9 Å². The van der Waals surface area contributed by atoms with E-state index in [0.717, 1.165) is 42.4 Å². The molecule has 0 unspecified atom stereocenters. The minimum atomic E-state index is -0.768. The molecular formula is C20H25NO5. The molecule has 3 rings (SSSR count). The van der Waals surface area contributed by atoms with Gasteiger partial charge in [0.2, 0.25) is 0 Å². The van der Waals surface area contributed by atoms with Crippen LogP contribution in [0.15, 0.2) is 11.6 Å². The number of ether oxygens (including phenoxy) is 2. The Kier molecular flexibility index (Phi) is 5.20. The zero-order chi connectivity index (χ0) is 18.8. The number of methoxy groups -OCH3 is 1. The van der Waals surface area contributed by atoms with Crippen LogP contribution in [0, 0.1) is 12.8 Å². The van der Waals surface area contributed by atoms with E-state index in [1.165, 1.54) is 5.57 Å². The Labute approximate surface area is 153 Å². The second kappa shape index (κ2) is 7.40. The van der Waals surface area contributed by atoms with Crippen LogP contribution in [0.3, 0.4) is 0 Å². The highest BCUT2D eigenvalue weighted by atomic mass is 16.5. The third-order valence-corrected chi connectivity index (χ3v) is 5.50. The first-order valence-corrected chi connectivity index (χ1v) is 8.99. The van der Waals surface area contributed by atoms with Crippen LogP contribution in [0.5, 0.6) is 5.75 Å². The molecule has 1 fully saturated rings. The molecule has 140 valence electrons. The van der Waals surface area contributed by atoms with Gasteiger partial charge < -0.3 is 20.3 Å². The number of carbonyl (C=O) groups excluding carboxylic acids is 1. The first kappa shape index (κ1) is 18.3. The van der Waals surface area contributed by atoms with Gasteiger partial charge in [-0.05, 0) is 44.1 Å². The quantitative estimate of drug-likeness (QED) is 0.475. The van der Waals surface area contributed by atoms with Crippen LogP contribution in [-0.2, 0) is 22.6 Å². The molecule has 1 aliphatic carbocycles. The lowest BCUT2D eigenvalue weighted by atomic mass is 9.81. The summed E-state index contributed by atoms with van der Waals surface area (Å²) in [5.74, 6) is -0.398. The van der Waals surface area contributed by atoms with E-state index >= 15 is 0 Å². The van der Waals surface area contributed by atoms with Crippen molar-refractivity contribution in [3.8, 4) is 5.75 Å². The minimum Gasteiger partial charge on any atom is -0.496 e. The number of hydrogen-bond acceptors (Lipinski definition) is 5. The monoisotopic (exact) mass is 359 g/mol. The predicted molar refractivity (Wildman–Crippen MR) is 97.3 cm³/mol. The molecule has 1 atom stereocenters. The van der Waals surface area contributed by atoms with Gasteiger partial charge in [-0.1, -0.05) is 18.1 Å². The highest BCUT2D eigenvalue weighted by Crippen LogP contribution is 2.40. The summed E-state index contributed by atoms with van der Waals surface area (Å²) in [4.78, 5) is 23.2. The Morgan fingerprint density at radius 2 is 2.19 bits per heavy atom. The summed E-state index contributed by atoms with van der Waals surface area (Å²) in [6.07, 6.45) is 6.70. The normalized spacial score (nSPS) is 20.8. The van der Waals surface area contributed by atoms with Gasteiger partial charge in [0.05, 0.1) is 24.8 Å². The number of rotatable bonds is 5. The van der Waals surface area contributed by atoms with Crippen molar-refractivity contribution < 1.29 is 24.2 Å². The van der Waals surface area contributed by atoms with Crippen LogP contribution in [0.2, 0.25) is 0 Å². The Hall–Kier alpha value is -2.50. The van der Waals surface area contributed by atoms with Crippen LogP contribution < -0.4 is 10.5 Å². The van der Waals surface area contributed by atoms with E-state index in [9.17, 15) is 9.59 Å². The van der Waals surface area contributed by atoms with Gasteiger partial charge in [-0.3, -0.25) is 4.79 Å². The summed E-state index contributed by atoms with van der Waals surface area (Å²) < 4.78 is 10.7. The molecule has 0 aromatic heterocycles. The topological polar surface area (TPSA) is 98.9 Å². The molecule has 26 heavy (non-hydrogen) atoms. The largest absolute Gasteiger partial charge is 0.496 e. The smallest absolute Gasteiger partial charge is 0.341 e. The van der Waals surface area contributed by atoms with Gasteiger partial charge in [0.15, 0.2) is 0 Å². The Bertz CT molecular complexity index is 781. The van der Waals surface area contributed by atoms with Crippen LogP contribution in [0.1, 0.15) is 59.2 Å². The van der Waals surface area contributed by atoms with Crippen molar-refractivity contribution in [3.63, 3.8) is 0 Å². The number of hydrogen-bond donors (Lipinski definition) is 2. The van der Waals surface area contributed by atoms with Crippen molar-refractivity contribution in [3.05, 3.63) is 33.9 Å². The van der Waals surface area contributed by atoms with Gasteiger partial charge in [0.25, 0.3) is 0 Å². The number of aliphatic carboxylic acids is 1. The highest BCUT2D eigenvalue weighted by Gasteiger charge is 2.31. The van der Waals surface area contributed by atoms with Gasteiger partial charge in [-0.25, -0.2) is 4.79 Å². The van der Waals surface area contributed by atoms with Crippen molar-refractivity contribution >= 4 is 17.6 Å². The van der Waals surface area contributed by atoms with Crippen molar-refractivity contribution in [2.45, 2.75) is 52.1 Å². The van der Waals surface area contributed by atoms with E-state index in [1.807, 2.05) is 6.92 Å². The molecular weight excluding hydrogens is 334 g/mol. The molecule has 0 spiro atoms. The molecule has 2 aliphatic rings. The maximum atomic E-state index is 12.0. The average molecular weight is 359 g/mol. The van der Waals surface area contributed by atoms with Crippen molar-refractivity contribution in [1.82, 2.24) is 0 Å². The summed E-state index contributed by atoms with van der Waals surface area (Å²) in [7, 11) is 1.59. The fraction of sp³-hybridized carbons (Fsp3) is 0.500. The van der Waals surface area contributed by atoms with Gasteiger partial charge in [-0.15, -0.1) is 0 Å². The number of carboxylic acid groups (broad SMARTS) is 1. The lowest BCUT2D eigenvalue weighted by Gasteiger charge is -2.24. The number of nitrogens with two attached hydrogens (primary N) is 1. The molecule has 1 heterocycles. The van der Waals surface area contributed by atoms with Crippen molar-refractivity contribution in [2.24, 2.45) is 5.92 Å². The van der Waals surface area contributed by atoms with E-state index in [0.29, 0.717) is 23.4 Å². The lowest BCUT2D eigenvalue weighted by Crippen LogP contribution is -2.15. The van der Waals surface area contributed by atoms with E-state index in [-0.39, 0.29) is 18.9 Å². The second-order valence-corrected chi connectivity index (χ2v) is 7.00. The fourth-order valence-corrected chi connectivity index (χ4v) is 4.14. The summed E-state index contributed by atoms with van der Waals surface area (Å²) in [6, 6.07) is 0. The summed E-state index contributed by atoms with van der Waals surface area (Å²) in [5.41, 5.74) is 10.8. The molecule has 1 aromatic rings. The molecule has 1 aromatic carbocycles. The van der Waals surface area contributed by atoms with E-state index in [1.54, 1.807) is 7.11 Å². The highest BCUT2D eigenvalue weighted by molar-refractivity contribution is 6.00. The number of carboxylic acids is 1. The molecule has 0 saturated heterocycles. The molecule has 3 N–H and O–H groups in total. The first-order valence-electron chi connectivity index (χ1n) is 8.99. The van der Waals surface area contributed by atoms with E-state index in [4.69, 9.17) is 20.3 Å². The number of nitrogen functional groups attached to an aromatic ring is 1. The number of benzene rings is 1. The maximum Gasteiger partial charge on any atom is 0.341 e. The molecule has 1 saturated carbocycles. The SMILES string of the molecule is COc1c(C)c2c(c(N)c1CC=C1CCCC[C@H]1CC(=O)O)C(=O)OC2. The van der Waals surface area contributed by atoms with E-state index in [2.05, 4.69) is 6.08 Å². The maximum absolute atomic E-state index is 12.0. The Morgan fingerprint density at radius 3 is 2.88 bits per heavy atom. The molecule has 6 nitrogen and oxygen atoms in total. The van der Waals surface area contributed by atoms with Crippen molar-refractivity contribution in [1.29, 1.82) is 0 Å². The van der Waals surface area contributed by atoms with Gasteiger partial charge in [0, 0.05) is 11.1 Å². The average Bonchev–Trinajstić information content (AvgIpc) is 2.99. The molecule has 0 amide bonds. The Morgan fingerprint density at radius 1 is 1.42 bits per heavy atom. The van der Waals surface area contributed by atoms with Crippen LogP contribution in [0.4, 0.5) is 5.69 Å². The second-order valence-electron chi connectivity index (χ2n) is 7.00. The summed E-state index contributed by atoms with van der Waals surface area (Å²) in [6.45, 7) is 2.13. The fourth-order valence-electron chi connectivity index (χ4n) is 4.14. The summed E-state index contributed by atoms with van der Waals surface area (Å²) in [5, 5.41) is 9.15. The van der Waals surface area contributed by atoms with Gasteiger partial charge in [-0.2, -0.15) is 0 Å². The predicted octanol–water partition coefficient (Wildman–Crippen LogP) is 3.39. The number of fused-ring (bicyclic) bond motifs is 1. The zero-order valence-corrected chi connectivity index (χ0v) is 15.3. The number of carbonyl (C=O) groups is 2. The first-order chi connectivity index (χ1) is 12.4. The number of allylic oxidation sites excluding steroid dienone is 2. The van der Waals surface area contributed by atoms with Crippen LogP contribution >= 0.6 is 0 Å². The Balaban J connectivity index is 1.96. The third kappa shape index (κ3) is 3.28.